The Morgan fingerprint density at radius 3 is 2.58 bits per heavy atom. The van der Waals surface area contributed by atoms with E-state index in [1.807, 2.05) is 6.07 Å². The van der Waals surface area contributed by atoms with Crippen LogP contribution in [0.4, 0.5) is 24.7 Å². The van der Waals surface area contributed by atoms with Crippen LogP contribution < -0.4 is 15.7 Å². The normalized spacial score (nSPS) is 17.6. The van der Waals surface area contributed by atoms with Gasteiger partial charge in [-0.15, -0.1) is 0 Å². The second-order valence-corrected chi connectivity index (χ2v) is 9.20. The van der Waals surface area contributed by atoms with Crippen molar-refractivity contribution in [1.82, 2.24) is 19.4 Å². The lowest BCUT2D eigenvalue weighted by Crippen LogP contribution is -2.47. The highest BCUT2D eigenvalue weighted by molar-refractivity contribution is 5.77. The van der Waals surface area contributed by atoms with Gasteiger partial charge in [-0.2, -0.15) is 0 Å². The van der Waals surface area contributed by atoms with Gasteiger partial charge in [0.05, 0.1) is 29.5 Å². The quantitative estimate of drug-likeness (QED) is 0.541. The van der Waals surface area contributed by atoms with Crippen LogP contribution in [0.25, 0.3) is 11.4 Å². The molecule has 0 bridgehead atoms. The predicted molar refractivity (Wildman–Crippen MR) is 131 cm³/mol. The van der Waals surface area contributed by atoms with E-state index in [0.717, 1.165) is 68.2 Å². The van der Waals surface area contributed by atoms with Gasteiger partial charge in [-0.3, -0.25) is 9.89 Å². The van der Waals surface area contributed by atoms with E-state index in [4.69, 9.17) is 4.99 Å². The highest BCUT2D eigenvalue weighted by Crippen LogP contribution is 2.36. The van der Waals surface area contributed by atoms with E-state index in [1.165, 1.54) is 12.1 Å². The van der Waals surface area contributed by atoms with E-state index in [-0.39, 0.29) is 12.2 Å². The summed E-state index contributed by atoms with van der Waals surface area (Å²) >= 11 is 0. The molecule has 0 amide bonds. The molecule has 1 unspecified atom stereocenters. The van der Waals surface area contributed by atoms with Crippen molar-refractivity contribution >= 4 is 11.5 Å². The second-order valence-electron chi connectivity index (χ2n) is 9.20. The van der Waals surface area contributed by atoms with Gasteiger partial charge in [-0.1, -0.05) is 18.2 Å². The van der Waals surface area contributed by atoms with E-state index in [1.54, 1.807) is 13.8 Å². The lowest BCUT2D eigenvalue weighted by Gasteiger charge is -2.37. The Morgan fingerprint density at radius 2 is 1.86 bits per heavy atom. The molecule has 0 spiro atoms. The fraction of sp³-hybridized carbons (Fsp3) is 0.480. The molecule has 1 aromatic rings. The lowest BCUT2D eigenvalue weighted by molar-refractivity contribution is 0.146. The number of aromatic nitrogens is 3. The number of hydrogen-bond acceptors (Lipinski definition) is 7. The number of halogens is 3. The number of fused-ring (bicyclic) bond motifs is 3. The zero-order valence-electron chi connectivity index (χ0n) is 20.4. The maximum absolute atomic E-state index is 14.8. The first kappa shape index (κ1) is 24.5. The first-order valence-electron chi connectivity index (χ1n) is 12.2. The van der Waals surface area contributed by atoms with Gasteiger partial charge in [0.15, 0.2) is 5.49 Å². The van der Waals surface area contributed by atoms with Gasteiger partial charge in [0.25, 0.3) is 6.43 Å². The van der Waals surface area contributed by atoms with Gasteiger partial charge < -0.3 is 19.9 Å². The summed E-state index contributed by atoms with van der Waals surface area (Å²) in [5, 5.41) is 12.7. The zero-order valence-corrected chi connectivity index (χ0v) is 20.4. The highest BCUT2D eigenvalue weighted by atomic mass is 19.3. The Hall–Kier alpha value is -3.18. The minimum atomic E-state index is -2.90. The number of aliphatic hydroxyl groups excluding tert-OH is 1. The Morgan fingerprint density at radius 1 is 1.11 bits per heavy atom. The topological polar surface area (TPSA) is 81.8 Å². The van der Waals surface area contributed by atoms with E-state index in [2.05, 4.69) is 29.7 Å². The SMILES string of the molecule is Cc1nc2n3c(c(N4CCN(CCO)CC4)cc-2c(=NC(C)c2cccc(C(F)F)c2F)n1)NCC3. The first-order valence-corrected chi connectivity index (χ1v) is 12.2. The van der Waals surface area contributed by atoms with Gasteiger partial charge in [-0.05, 0) is 19.9 Å². The summed E-state index contributed by atoms with van der Waals surface area (Å²) in [4.78, 5) is 18.5. The van der Waals surface area contributed by atoms with Crippen LogP contribution in [0, 0.1) is 12.7 Å². The van der Waals surface area contributed by atoms with Crippen LogP contribution in [-0.2, 0) is 6.54 Å². The number of piperazine rings is 1. The van der Waals surface area contributed by atoms with Crippen LogP contribution in [0.2, 0.25) is 0 Å². The number of alkyl halides is 2. The summed E-state index contributed by atoms with van der Waals surface area (Å²) in [6.45, 7) is 9.08. The minimum absolute atomic E-state index is 0.105. The van der Waals surface area contributed by atoms with Crippen molar-refractivity contribution in [3.8, 4) is 11.4 Å². The minimum Gasteiger partial charge on any atom is -0.395 e. The van der Waals surface area contributed by atoms with Gasteiger partial charge >= 0.3 is 0 Å². The number of rotatable bonds is 6. The Labute approximate surface area is 207 Å². The summed E-state index contributed by atoms with van der Waals surface area (Å²) in [6, 6.07) is 5.32. The van der Waals surface area contributed by atoms with Crippen molar-refractivity contribution in [3.63, 3.8) is 0 Å². The standard InChI is InChI=1S/C25H30F3N7O/c1-15(17-4-3-5-18(21(17)26)22(27)28)30-23-19-14-20(34-10-8-33(9-11-34)12-13-36)25-29-6-7-35(25)24(19)32-16(2)31-23/h3-5,14-15,22,29,36H,6-13H2,1-2H3. The average molecular weight is 502 g/mol. The van der Waals surface area contributed by atoms with Crippen molar-refractivity contribution in [2.24, 2.45) is 4.99 Å². The van der Waals surface area contributed by atoms with Gasteiger partial charge in [-0.25, -0.2) is 23.1 Å². The summed E-state index contributed by atoms with van der Waals surface area (Å²) in [6.07, 6.45) is -2.90. The number of β-amino-alcohol motifs (C(OH)–C–C–N with tert-alkyl or cyclic N) is 1. The Balaban J connectivity index is 1.60. The molecule has 8 nitrogen and oxygen atoms in total. The third kappa shape index (κ3) is 4.53. The Kier molecular flexibility index (Phi) is 6.85. The highest BCUT2D eigenvalue weighted by Gasteiger charge is 2.28. The molecule has 4 aliphatic rings. The number of pyridine rings is 1. The Bertz CT molecular complexity index is 1290. The van der Waals surface area contributed by atoms with Gasteiger partial charge in [0, 0.05) is 51.4 Å². The van der Waals surface area contributed by atoms with Crippen molar-refractivity contribution in [1.29, 1.82) is 0 Å². The van der Waals surface area contributed by atoms with Crippen molar-refractivity contribution < 1.29 is 18.3 Å². The third-order valence-electron chi connectivity index (χ3n) is 6.88. The monoisotopic (exact) mass is 501 g/mol. The van der Waals surface area contributed by atoms with Crippen molar-refractivity contribution in [2.75, 3.05) is 56.1 Å². The number of benzene rings is 1. The molecular formula is C25H30F3N7O. The first-order chi connectivity index (χ1) is 17.4. The smallest absolute Gasteiger partial charge is 0.266 e. The van der Waals surface area contributed by atoms with Crippen LogP contribution in [0.1, 0.15) is 36.3 Å². The van der Waals surface area contributed by atoms with Crippen LogP contribution in [0.3, 0.4) is 0 Å². The number of hydrogen-bond donors (Lipinski definition) is 2. The fourth-order valence-corrected chi connectivity index (χ4v) is 5.03. The molecule has 1 fully saturated rings. The van der Waals surface area contributed by atoms with E-state index in [0.29, 0.717) is 17.9 Å². The summed E-state index contributed by atoms with van der Waals surface area (Å²) < 4.78 is 43.5. The van der Waals surface area contributed by atoms with Crippen molar-refractivity contribution in [3.05, 3.63) is 52.5 Å². The summed E-state index contributed by atoms with van der Waals surface area (Å²) in [7, 11) is 0. The number of anilines is 2. The maximum atomic E-state index is 14.8. The van der Waals surface area contributed by atoms with Crippen LogP contribution in [-0.4, -0.2) is 70.4 Å². The maximum Gasteiger partial charge on any atom is 0.266 e. The molecule has 0 aliphatic carbocycles. The average Bonchev–Trinajstić information content (AvgIpc) is 3.35. The lowest BCUT2D eigenvalue weighted by atomic mass is 10.0. The molecule has 1 saturated heterocycles. The number of aryl methyl sites for hydroxylation is 1. The summed E-state index contributed by atoms with van der Waals surface area (Å²) in [5.41, 5.74) is 1.65. The molecule has 5 rings (SSSR count). The molecule has 1 atom stereocenters. The van der Waals surface area contributed by atoms with Gasteiger partial charge in [0.1, 0.15) is 23.3 Å². The summed E-state index contributed by atoms with van der Waals surface area (Å²) in [5.74, 6) is 1.32. The molecule has 0 aromatic heterocycles. The second kappa shape index (κ2) is 10.1. The molecule has 1 aromatic carbocycles. The van der Waals surface area contributed by atoms with Crippen LogP contribution in [0.15, 0.2) is 29.3 Å². The molecule has 4 heterocycles. The molecule has 11 heteroatoms. The zero-order chi connectivity index (χ0) is 25.4. The van der Waals surface area contributed by atoms with Crippen molar-refractivity contribution in [2.45, 2.75) is 32.9 Å². The number of nitrogens with one attached hydrogen (secondary N) is 1. The van der Waals surface area contributed by atoms with Crippen LogP contribution in [0.5, 0.6) is 0 Å². The number of aliphatic hydroxyl groups is 1. The van der Waals surface area contributed by atoms with E-state index >= 15 is 0 Å². The molecule has 0 saturated carbocycles. The molecule has 2 N–H and O–H groups in total. The van der Waals surface area contributed by atoms with E-state index in [9.17, 15) is 18.3 Å². The van der Waals surface area contributed by atoms with Gasteiger partial charge in [0.2, 0.25) is 0 Å². The molecular weight excluding hydrogens is 471 g/mol. The predicted octanol–water partition coefficient (Wildman–Crippen LogP) is 2.97. The fourth-order valence-electron chi connectivity index (χ4n) is 5.03. The third-order valence-corrected chi connectivity index (χ3v) is 6.88. The molecule has 0 radical (unpaired) electrons. The molecule has 4 aliphatic heterocycles. The van der Waals surface area contributed by atoms with E-state index < -0.39 is 23.8 Å². The number of nitrogens with zero attached hydrogens (tertiary/aromatic N) is 6. The molecule has 192 valence electrons. The largest absolute Gasteiger partial charge is 0.395 e. The molecule has 36 heavy (non-hydrogen) atoms. The van der Waals surface area contributed by atoms with Crippen LogP contribution >= 0.6 is 0 Å².